The normalized spacial score (nSPS) is 19.9. The minimum absolute atomic E-state index is 0.0529. The van der Waals surface area contributed by atoms with Crippen LogP contribution in [-0.4, -0.2) is 39.9 Å². The van der Waals surface area contributed by atoms with Crippen LogP contribution < -0.4 is 0 Å². The topological polar surface area (TPSA) is 33.2 Å². The summed E-state index contributed by atoms with van der Waals surface area (Å²) in [4.78, 5) is 18.1. The number of pyridine rings is 1. The largest absolute Gasteiger partial charge is 0.337 e. The summed E-state index contributed by atoms with van der Waals surface area (Å²) in [6.45, 7) is 3.68. The molecule has 1 unspecified atom stereocenters. The van der Waals surface area contributed by atoms with E-state index in [1.807, 2.05) is 16.7 Å². The lowest BCUT2D eigenvalue weighted by molar-refractivity contribution is 0.0760. The third-order valence-corrected chi connectivity index (χ3v) is 4.80. The third kappa shape index (κ3) is 3.11. The molecule has 2 rings (SSSR count). The van der Waals surface area contributed by atoms with Crippen LogP contribution in [0.2, 0.25) is 10.3 Å². The molecule has 0 N–H and O–H groups in total. The fourth-order valence-corrected chi connectivity index (χ4v) is 3.50. The summed E-state index contributed by atoms with van der Waals surface area (Å²) in [5.74, 6) is 0.922. The highest BCUT2D eigenvalue weighted by Gasteiger charge is 2.25. The van der Waals surface area contributed by atoms with Gasteiger partial charge in [-0.25, -0.2) is 4.98 Å². The molecule has 1 atom stereocenters. The third-order valence-electron chi connectivity index (χ3n) is 2.93. The van der Waals surface area contributed by atoms with Crippen molar-refractivity contribution in [2.45, 2.75) is 18.6 Å². The van der Waals surface area contributed by atoms with Crippen LogP contribution in [0.4, 0.5) is 0 Å². The Morgan fingerprint density at radius 2 is 2.33 bits per heavy atom. The van der Waals surface area contributed by atoms with Gasteiger partial charge >= 0.3 is 0 Å². The van der Waals surface area contributed by atoms with Crippen LogP contribution in [0, 0.1) is 0 Å². The van der Waals surface area contributed by atoms with Gasteiger partial charge in [-0.1, -0.05) is 30.1 Å². The molecule has 98 valence electrons. The first-order chi connectivity index (χ1) is 8.61. The Bertz CT molecular complexity index is 456. The number of rotatable bonds is 2. The maximum absolute atomic E-state index is 12.3. The summed E-state index contributed by atoms with van der Waals surface area (Å²) >= 11 is 13.6. The van der Waals surface area contributed by atoms with E-state index in [9.17, 15) is 4.79 Å². The highest BCUT2D eigenvalue weighted by molar-refractivity contribution is 8.00. The van der Waals surface area contributed by atoms with Crippen LogP contribution in [0.5, 0.6) is 0 Å². The molecule has 0 bridgehead atoms. The molecular weight excluding hydrogens is 291 g/mol. The number of nitrogens with zero attached hydrogens (tertiary/aromatic N) is 2. The molecular formula is C12H14Cl2N2OS. The van der Waals surface area contributed by atoms with Crippen molar-refractivity contribution in [2.24, 2.45) is 0 Å². The average Bonchev–Trinajstić information content (AvgIpc) is 2.38. The van der Waals surface area contributed by atoms with Crippen molar-refractivity contribution < 1.29 is 4.79 Å². The molecule has 1 amide bonds. The molecule has 0 aliphatic carbocycles. The van der Waals surface area contributed by atoms with Crippen LogP contribution in [0.1, 0.15) is 23.7 Å². The lowest BCUT2D eigenvalue weighted by atomic mass is 10.2. The summed E-state index contributed by atoms with van der Waals surface area (Å²) in [6.07, 6.45) is 1.07. The van der Waals surface area contributed by atoms with Gasteiger partial charge in [0.25, 0.3) is 5.91 Å². The van der Waals surface area contributed by atoms with Gasteiger partial charge in [0.2, 0.25) is 0 Å². The molecule has 3 nitrogen and oxygen atoms in total. The molecule has 0 radical (unpaired) electrons. The zero-order chi connectivity index (χ0) is 13.1. The lowest BCUT2D eigenvalue weighted by Gasteiger charge is -2.32. The second kappa shape index (κ2) is 6.13. The molecule has 1 saturated heterocycles. The van der Waals surface area contributed by atoms with E-state index in [1.54, 1.807) is 12.1 Å². The van der Waals surface area contributed by atoms with E-state index in [0.29, 0.717) is 16.0 Å². The summed E-state index contributed by atoms with van der Waals surface area (Å²) in [5.41, 5.74) is 0.433. The highest BCUT2D eigenvalue weighted by atomic mass is 35.5. The SMILES string of the molecule is CCC1CN(C(=O)c2ccc(Cl)nc2Cl)CCS1. The number of hydrogen-bond acceptors (Lipinski definition) is 3. The quantitative estimate of drug-likeness (QED) is 0.786. The Morgan fingerprint density at radius 3 is 3.00 bits per heavy atom. The van der Waals surface area contributed by atoms with Gasteiger partial charge in [-0.05, 0) is 18.6 Å². The molecule has 1 fully saturated rings. The molecule has 1 aliphatic heterocycles. The molecule has 2 heterocycles. The zero-order valence-electron chi connectivity index (χ0n) is 10.0. The average molecular weight is 305 g/mol. The van der Waals surface area contributed by atoms with Crippen molar-refractivity contribution in [3.8, 4) is 0 Å². The Balaban J connectivity index is 2.15. The van der Waals surface area contributed by atoms with Crippen molar-refractivity contribution in [1.29, 1.82) is 0 Å². The number of aromatic nitrogens is 1. The van der Waals surface area contributed by atoms with Gasteiger partial charge in [0.1, 0.15) is 10.3 Å². The second-order valence-electron chi connectivity index (χ2n) is 4.12. The van der Waals surface area contributed by atoms with Crippen LogP contribution >= 0.6 is 35.0 Å². The van der Waals surface area contributed by atoms with Gasteiger partial charge in [-0.15, -0.1) is 0 Å². The fourth-order valence-electron chi connectivity index (χ4n) is 1.89. The molecule has 0 saturated carbocycles. The highest BCUT2D eigenvalue weighted by Crippen LogP contribution is 2.24. The van der Waals surface area contributed by atoms with Crippen LogP contribution in [0.3, 0.4) is 0 Å². The van der Waals surface area contributed by atoms with Crippen LogP contribution in [-0.2, 0) is 0 Å². The Hall–Kier alpha value is -0.450. The maximum atomic E-state index is 12.3. The predicted octanol–water partition coefficient (Wildman–Crippen LogP) is 3.36. The van der Waals surface area contributed by atoms with E-state index in [-0.39, 0.29) is 11.1 Å². The summed E-state index contributed by atoms with van der Waals surface area (Å²) in [5, 5.41) is 0.998. The minimum atomic E-state index is -0.0529. The van der Waals surface area contributed by atoms with E-state index in [2.05, 4.69) is 11.9 Å². The number of thioether (sulfide) groups is 1. The van der Waals surface area contributed by atoms with Gasteiger partial charge < -0.3 is 4.90 Å². The smallest absolute Gasteiger partial charge is 0.257 e. The van der Waals surface area contributed by atoms with Crippen molar-refractivity contribution >= 4 is 40.9 Å². The first kappa shape index (κ1) is 14.0. The number of carbonyl (C=O) groups excluding carboxylic acids is 1. The molecule has 0 spiro atoms. The Labute approximate surface area is 121 Å². The summed E-state index contributed by atoms with van der Waals surface area (Å²) in [7, 11) is 0. The van der Waals surface area contributed by atoms with E-state index >= 15 is 0 Å². The Morgan fingerprint density at radius 1 is 1.56 bits per heavy atom. The predicted molar refractivity (Wildman–Crippen MR) is 76.7 cm³/mol. The first-order valence-corrected chi connectivity index (χ1v) is 7.65. The standard InChI is InChI=1S/C12H14Cl2N2OS/c1-2-8-7-16(5-6-18-8)12(17)9-3-4-10(13)15-11(9)14/h3-4,8H,2,5-7H2,1H3. The van der Waals surface area contributed by atoms with E-state index in [4.69, 9.17) is 23.2 Å². The van der Waals surface area contributed by atoms with Crippen molar-refractivity contribution in [3.63, 3.8) is 0 Å². The first-order valence-electron chi connectivity index (χ1n) is 5.84. The number of halogens is 2. The Kier molecular flexibility index (Phi) is 4.76. The van der Waals surface area contributed by atoms with Gasteiger partial charge in [-0.2, -0.15) is 11.8 Å². The van der Waals surface area contributed by atoms with E-state index in [1.165, 1.54) is 0 Å². The molecule has 1 aromatic heterocycles. The second-order valence-corrected chi connectivity index (χ2v) is 6.28. The molecule has 18 heavy (non-hydrogen) atoms. The van der Waals surface area contributed by atoms with Crippen LogP contribution in [0.15, 0.2) is 12.1 Å². The lowest BCUT2D eigenvalue weighted by Crippen LogP contribution is -2.41. The van der Waals surface area contributed by atoms with Gasteiger partial charge in [0.15, 0.2) is 0 Å². The number of hydrogen-bond donors (Lipinski definition) is 0. The van der Waals surface area contributed by atoms with E-state index in [0.717, 1.165) is 25.3 Å². The molecule has 0 aromatic carbocycles. The van der Waals surface area contributed by atoms with Gasteiger partial charge in [0.05, 0.1) is 5.56 Å². The maximum Gasteiger partial charge on any atom is 0.257 e. The summed E-state index contributed by atoms with van der Waals surface area (Å²) < 4.78 is 0. The minimum Gasteiger partial charge on any atom is -0.337 e. The van der Waals surface area contributed by atoms with Crippen molar-refractivity contribution in [3.05, 3.63) is 28.0 Å². The van der Waals surface area contributed by atoms with Crippen LogP contribution in [0.25, 0.3) is 0 Å². The van der Waals surface area contributed by atoms with Crippen molar-refractivity contribution in [2.75, 3.05) is 18.8 Å². The zero-order valence-corrected chi connectivity index (χ0v) is 12.4. The van der Waals surface area contributed by atoms with E-state index < -0.39 is 0 Å². The van der Waals surface area contributed by atoms with Gasteiger partial charge in [-0.3, -0.25) is 4.79 Å². The van der Waals surface area contributed by atoms with Gasteiger partial charge in [0, 0.05) is 24.1 Å². The fraction of sp³-hybridized carbons (Fsp3) is 0.500. The number of carbonyl (C=O) groups is 1. The number of amides is 1. The van der Waals surface area contributed by atoms with Crippen molar-refractivity contribution in [1.82, 2.24) is 9.88 Å². The molecule has 1 aromatic rings. The monoisotopic (exact) mass is 304 g/mol. The molecule has 6 heteroatoms. The summed E-state index contributed by atoms with van der Waals surface area (Å²) in [6, 6.07) is 3.24. The molecule has 1 aliphatic rings.